The zero-order valence-electron chi connectivity index (χ0n) is 14.1. The minimum absolute atomic E-state index is 0.238. The molecule has 1 aliphatic carbocycles. The highest BCUT2D eigenvalue weighted by Crippen LogP contribution is 2.53. The molecule has 2 fully saturated rings. The zero-order valence-corrected chi connectivity index (χ0v) is 14.9. The maximum atomic E-state index is 11.9. The van der Waals surface area contributed by atoms with Gasteiger partial charge in [0.15, 0.2) is 0 Å². The summed E-state index contributed by atoms with van der Waals surface area (Å²) in [5, 5.41) is 1.37. The number of rotatable bonds is 3. The number of carbonyl (C=O) groups excluding carboxylic acids is 1. The van der Waals surface area contributed by atoms with Crippen LogP contribution in [0.1, 0.15) is 67.2 Å². The van der Waals surface area contributed by atoms with Crippen molar-refractivity contribution in [3.05, 3.63) is 0 Å². The van der Waals surface area contributed by atoms with E-state index in [-0.39, 0.29) is 5.92 Å². The van der Waals surface area contributed by atoms with Crippen LogP contribution in [0, 0.1) is 29.1 Å². The smallest absolute Gasteiger partial charge is 0.132 e. The highest BCUT2D eigenvalue weighted by Gasteiger charge is 2.47. The van der Waals surface area contributed by atoms with Gasteiger partial charge in [-0.05, 0) is 55.8 Å². The van der Waals surface area contributed by atoms with Crippen molar-refractivity contribution in [2.75, 3.05) is 0 Å². The molecule has 0 spiro atoms. The lowest BCUT2D eigenvalue weighted by Gasteiger charge is -2.41. The standard InChI is InChI=1S/C18H32OS/c1-11(12(2)19)16-13(3)20-14(4)17(16)15-7-9-18(5,6)10-8-15/h11,13-17H,7-10H2,1-6H3. The van der Waals surface area contributed by atoms with E-state index >= 15 is 0 Å². The van der Waals surface area contributed by atoms with Crippen molar-refractivity contribution in [2.24, 2.45) is 29.1 Å². The van der Waals surface area contributed by atoms with E-state index in [2.05, 4.69) is 46.4 Å². The van der Waals surface area contributed by atoms with Crippen LogP contribution in [0.25, 0.3) is 0 Å². The van der Waals surface area contributed by atoms with Crippen LogP contribution in [0.4, 0.5) is 0 Å². The Morgan fingerprint density at radius 2 is 1.70 bits per heavy atom. The molecule has 0 N–H and O–H groups in total. The Kier molecular flexibility index (Phi) is 4.94. The summed E-state index contributed by atoms with van der Waals surface area (Å²) in [6.45, 7) is 13.5. The highest BCUT2D eigenvalue weighted by molar-refractivity contribution is 8.00. The molecule has 1 saturated carbocycles. The molecule has 0 bridgehead atoms. The first-order valence-electron chi connectivity index (χ1n) is 8.39. The first-order chi connectivity index (χ1) is 9.23. The second-order valence-corrected chi connectivity index (χ2v) is 9.86. The zero-order chi connectivity index (χ0) is 15.1. The number of hydrogen-bond donors (Lipinski definition) is 0. The first kappa shape index (κ1) is 16.4. The lowest BCUT2D eigenvalue weighted by molar-refractivity contribution is -0.122. The molecule has 0 aromatic rings. The van der Waals surface area contributed by atoms with Gasteiger partial charge in [0.25, 0.3) is 0 Å². The molecule has 1 nitrogen and oxygen atoms in total. The lowest BCUT2D eigenvalue weighted by atomic mass is 9.64. The fourth-order valence-electron chi connectivity index (χ4n) is 4.66. The van der Waals surface area contributed by atoms with Crippen LogP contribution in [-0.4, -0.2) is 16.3 Å². The van der Waals surface area contributed by atoms with Crippen molar-refractivity contribution < 1.29 is 4.79 Å². The van der Waals surface area contributed by atoms with E-state index in [0.717, 1.165) is 17.1 Å². The third-order valence-corrected chi connectivity index (χ3v) is 7.59. The number of hydrogen-bond acceptors (Lipinski definition) is 2. The fourth-order valence-corrected chi connectivity index (χ4v) is 6.52. The second kappa shape index (κ2) is 6.02. The maximum absolute atomic E-state index is 11.9. The molecular formula is C18H32OS. The Hall–Kier alpha value is 0.0200. The van der Waals surface area contributed by atoms with Crippen molar-refractivity contribution in [3.63, 3.8) is 0 Å². The monoisotopic (exact) mass is 296 g/mol. The van der Waals surface area contributed by atoms with Crippen molar-refractivity contribution in [2.45, 2.75) is 77.7 Å². The van der Waals surface area contributed by atoms with Gasteiger partial charge >= 0.3 is 0 Å². The molecular weight excluding hydrogens is 264 g/mol. The quantitative estimate of drug-likeness (QED) is 0.713. The normalized spacial score (nSPS) is 39.7. The Morgan fingerprint density at radius 3 is 2.20 bits per heavy atom. The van der Waals surface area contributed by atoms with E-state index in [9.17, 15) is 4.79 Å². The molecule has 2 rings (SSSR count). The maximum Gasteiger partial charge on any atom is 0.132 e. The van der Waals surface area contributed by atoms with Crippen molar-refractivity contribution in [1.82, 2.24) is 0 Å². The lowest BCUT2D eigenvalue weighted by Crippen LogP contribution is -2.37. The molecule has 5 atom stereocenters. The number of thioether (sulfide) groups is 1. The fraction of sp³-hybridized carbons (Fsp3) is 0.944. The summed E-state index contributed by atoms with van der Waals surface area (Å²) in [6.07, 6.45) is 5.47. The molecule has 1 saturated heterocycles. The van der Waals surface area contributed by atoms with Crippen LogP contribution in [0.2, 0.25) is 0 Å². The van der Waals surface area contributed by atoms with Crippen LogP contribution in [0.3, 0.4) is 0 Å². The van der Waals surface area contributed by atoms with Gasteiger partial charge in [-0.3, -0.25) is 4.79 Å². The molecule has 5 unspecified atom stereocenters. The molecule has 0 amide bonds. The van der Waals surface area contributed by atoms with Crippen molar-refractivity contribution in [1.29, 1.82) is 0 Å². The summed E-state index contributed by atoms with van der Waals surface area (Å²) in [6, 6.07) is 0. The predicted molar refractivity (Wildman–Crippen MR) is 89.1 cm³/mol. The third-order valence-electron chi connectivity index (χ3n) is 6.10. The van der Waals surface area contributed by atoms with Gasteiger partial charge < -0.3 is 0 Å². The molecule has 2 heteroatoms. The van der Waals surface area contributed by atoms with Gasteiger partial charge in [-0.15, -0.1) is 0 Å². The van der Waals surface area contributed by atoms with E-state index in [1.165, 1.54) is 25.7 Å². The van der Waals surface area contributed by atoms with E-state index in [1.807, 2.05) is 0 Å². The number of carbonyl (C=O) groups is 1. The van der Waals surface area contributed by atoms with Gasteiger partial charge in [0.2, 0.25) is 0 Å². The minimum Gasteiger partial charge on any atom is -0.300 e. The van der Waals surface area contributed by atoms with Gasteiger partial charge in [0, 0.05) is 16.4 Å². The predicted octanol–water partition coefficient (Wildman–Crippen LogP) is 5.18. The van der Waals surface area contributed by atoms with Crippen molar-refractivity contribution >= 4 is 17.5 Å². The topological polar surface area (TPSA) is 17.1 Å². The molecule has 1 aliphatic heterocycles. The summed E-state index contributed by atoms with van der Waals surface area (Å²) in [7, 11) is 0. The van der Waals surface area contributed by atoms with Gasteiger partial charge in [-0.1, -0.05) is 34.6 Å². The molecule has 2 aliphatic rings. The van der Waals surface area contributed by atoms with Gasteiger partial charge in [-0.2, -0.15) is 11.8 Å². The van der Waals surface area contributed by atoms with Gasteiger partial charge in [-0.25, -0.2) is 0 Å². The van der Waals surface area contributed by atoms with E-state index in [0.29, 0.717) is 22.4 Å². The second-order valence-electron chi connectivity index (χ2n) is 8.10. The van der Waals surface area contributed by atoms with Crippen LogP contribution >= 0.6 is 11.8 Å². The van der Waals surface area contributed by atoms with Crippen LogP contribution in [-0.2, 0) is 4.79 Å². The van der Waals surface area contributed by atoms with E-state index < -0.39 is 0 Å². The van der Waals surface area contributed by atoms with Crippen LogP contribution in [0.5, 0.6) is 0 Å². The Morgan fingerprint density at radius 1 is 1.15 bits per heavy atom. The Bertz CT molecular complexity index is 352. The molecule has 0 aromatic heterocycles. The number of ketones is 1. The molecule has 116 valence electrons. The summed E-state index contributed by atoms with van der Waals surface area (Å²) >= 11 is 2.12. The summed E-state index contributed by atoms with van der Waals surface area (Å²) in [4.78, 5) is 11.9. The average Bonchev–Trinajstić information content (AvgIpc) is 2.63. The van der Waals surface area contributed by atoms with Gasteiger partial charge in [0.1, 0.15) is 5.78 Å². The van der Waals surface area contributed by atoms with Crippen molar-refractivity contribution in [3.8, 4) is 0 Å². The average molecular weight is 297 g/mol. The third kappa shape index (κ3) is 3.26. The number of Topliss-reactive ketones (excluding diaryl/α,β-unsaturated/α-hetero) is 1. The molecule has 0 aromatic carbocycles. The Labute approximate surface area is 129 Å². The first-order valence-corrected chi connectivity index (χ1v) is 9.33. The molecule has 1 heterocycles. The summed E-state index contributed by atoms with van der Waals surface area (Å²) in [5.41, 5.74) is 0.540. The Balaban J connectivity index is 2.13. The van der Waals surface area contributed by atoms with E-state index in [1.54, 1.807) is 6.92 Å². The van der Waals surface area contributed by atoms with E-state index in [4.69, 9.17) is 0 Å². The summed E-state index contributed by atoms with van der Waals surface area (Å²) in [5.74, 6) is 2.83. The van der Waals surface area contributed by atoms with Crippen LogP contribution in [0.15, 0.2) is 0 Å². The van der Waals surface area contributed by atoms with Gasteiger partial charge in [0.05, 0.1) is 0 Å². The summed E-state index contributed by atoms with van der Waals surface area (Å²) < 4.78 is 0. The van der Waals surface area contributed by atoms with Crippen LogP contribution < -0.4 is 0 Å². The minimum atomic E-state index is 0.238. The highest BCUT2D eigenvalue weighted by atomic mass is 32.2. The molecule has 20 heavy (non-hydrogen) atoms. The molecule has 0 radical (unpaired) electrons. The largest absolute Gasteiger partial charge is 0.300 e. The SMILES string of the molecule is CC(=O)C(C)C1C(C)SC(C)C1C1CCC(C)(C)CC1.